The zero-order chi connectivity index (χ0) is 22.5. The maximum atomic E-state index is 12.6. The van der Waals surface area contributed by atoms with E-state index in [0.29, 0.717) is 17.1 Å². The van der Waals surface area contributed by atoms with Crippen molar-refractivity contribution in [2.24, 2.45) is 0 Å². The number of carbonyl (C=O) groups excluding carboxylic acids is 2. The van der Waals surface area contributed by atoms with E-state index < -0.39 is 22.5 Å². The third-order valence-electron chi connectivity index (χ3n) is 4.28. The van der Waals surface area contributed by atoms with Crippen LogP contribution in [0, 0.1) is 17.0 Å². The summed E-state index contributed by atoms with van der Waals surface area (Å²) >= 11 is 0. The number of aryl methyl sites for hydroxylation is 1. The van der Waals surface area contributed by atoms with Crippen LogP contribution in [0.25, 0.3) is 22.6 Å². The molecule has 0 fully saturated rings. The molecule has 2 aromatic carbocycles. The Hall–Kier alpha value is -4.14. The van der Waals surface area contributed by atoms with Crippen molar-refractivity contribution in [1.82, 2.24) is 9.97 Å². The molecule has 0 bridgehead atoms. The second-order valence-corrected chi connectivity index (χ2v) is 6.48. The van der Waals surface area contributed by atoms with Crippen molar-refractivity contribution in [2.75, 3.05) is 6.61 Å². The lowest BCUT2D eigenvalue weighted by molar-refractivity contribution is -0.385. The van der Waals surface area contributed by atoms with Crippen molar-refractivity contribution in [3.63, 3.8) is 0 Å². The van der Waals surface area contributed by atoms with Crippen LogP contribution < -0.4 is 4.74 Å². The number of rotatable bonds is 6. The van der Waals surface area contributed by atoms with Gasteiger partial charge in [-0.15, -0.1) is 0 Å². The molecule has 0 atom stereocenters. The highest BCUT2D eigenvalue weighted by atomic mass is 16.6. The van der Waals surface area contributed by atoms with Crippen LogP contribution in [0.2, 0.25) is 0 Å². The van der Waals surface area contributed by atoms with Gasteiger partial charge in [0.2, 0.25) is 5.75 Å². The van der Waals surface area contributed by atoms with Gasteiger partial charge in [0.1, 0.15) is 5.56 Å². The van der Waals surface area contributed by atoms with Crippen molar-refractivity contribution < 1.29 is 24.0 Å². The van der Waals surface area contributed by atoms with Gasteiger partial charge in [-0.2, -0.15) is 0 Å². The Morgan fingerprint density at radius 3 is 2.39 bits per heavy atom. The molecule has 0 radical (unpaired) electrons. The monoisotopic (exact) mass is 421 g/mol. The molecule has 0 saturated heterocycles. The Balaban J connectivity index is 2.25. The Kier molecular flexibility index (Phi) is 6.35. The highest BCUT2D eigenvalue weighted by Gasteiger charge is 2.25. The summed E-state index contributed by atoms with van der Waals surface area (Å²) in [7, 11) is 0. The Labute approximate surface area is 177 Å². The van der Waals surface area contributed by atoms with Gasteiger partial charge in [0.15, 0.2) is 5.82 Å². The lowest BCUT2D eigenvalue weighted by atomic mass is 10.0. The Morgan fingerprint density at radius 1 is 1.06 bits per heavy atom. The molecular weight excluding hydrogens is 402 g/mol. The van der Waals surface area contributed by atoms with Crippen LogP contribution in [0.5, 0.6) is 5.75 Å². The number of nitro benzene ring substituents is 1. The molecule has 0 N–H and O–H groups in total. The molecule has 3 aromatic rings. The van der Waals surface area contributed by atoms with Gasteiger partial charge < -0.3 is 9.47 Å². The minimum absolute atomic E-state index is 0.107. The highest BCUT2D eigenvalue weighted by molar-refractivity contribution is 5.98. The normalized spacial score (nSPS) is 10.4. The molecule has 1 aromatic heterocycles. The van der Waals surface area contributed by atoms with Crippen LogP contribution in [0.4, 0.5) is 5.69 Å². The molecule has 9 heteroatoms. The highest BCUT2D eigenvalue weighted by Crippen LogP contribution is 2.34. The molecule has 3 rings (SSSR count). The summed E-state index contributed by atoms with van der Waals surface area (Å²) in [6.07, 6.45) is 0. The number of benzene rings is 2. The standard InChI is InChI=1S/C22H19N3O6/c1-4-30-22(27)19-13(2)23-21(15-8-6-5-7-9-15)24-20(19)16-10-11-18(31-14(3)26)17(12-16)25(28)29/h5-12H,4H2,1-3H3. The van der Waals surface area contributed by atoms with E-state index in [2.05, 4.69) is 9.97 Å². The van der Waals surface area contributed by atoms with Crippen molar-refractivity contribution in [3.8, 4) is 28.4 Å². The molecule has 0 saturated carbocycles. The first-order chi connectivity index (χ1) is 14.8. The summed E-state index contributed by atoms with van der Waals surface area (Å²) in [4.78, 5) is 43.8. The first kappa shape index (κ1) is 21.6. The lowest BCUT2D eigenvalue weighted by Crippen LogP contribution is -2.12. The van der Waals surface area contributed by atoms with E-state index in [1.165, 1.54) is 18.2 Å². The van der Waals surface area contributed by atoms with E-state index in [1.807, 2.05) is 30.3 Å². The molecule has 0 aliphatic carbocycles. The minimum atomic E-state index is -0.688. The molecule has 0 unspecified atom stereocenters. The molecule has 0 aliphatic heterocycles. The maximum absolute atomic E-state index is 12.6. The zero-order valence-electron chi connectivity index (χ0n) is 17.1. The van der Waals surface area contributed by atoms with Crippen LogP contribution in [0.3, 0.4) is 0 Å². The summed E-state index contributed by atoms with van der Waals surface area (Å²) in [5, 5.41) is 11.6. The average molecular weight is 421 g/mol. The number of nitrogens with zero attached hydrogens (tertiary/aromatic N) is 3. The molecule has 0 aliphatic rings. The Morgan fingerprint density at radius 2 is 1.77 bits per heavy atom. The number of ether oxygens (including phenoxy) is 2. The van der Waals surface area contributed by atoms with Gasteiger partial charge >= 0.3 is 17.6 Å². The second-order valence-electron chi connectivity index (χ2n) is 6.48. The maximum Gasteiger partial charge on any atom is 0.342 e. The van der Waals surface area contributed by atoms with Crippen LogP contribution in [0.1, 0.15) is 29.9 Å². The smallest absolute Gasteiger partial charge is 0.342 e. The molecule has 1 heterocycles. The number of esters is 2. The van der Waals surface area contributed by atoms with E-state index in [-0.39, 0.29) is 29.2 Å². The second kappa shape index (κ2) is 9.12. The van der Waals surface area contributed by atoms with Crippen LogP contribution in [-0.2, 0) is 9.53 Å². The van der Waals surface area contributed by atoms with Crippen molar-refractivity contribution in [2.45, 2.75) is 20.8 Å². The average Bonchev–Trinajstić information content (AvgIpc) is 2.73. The van der Waals surface area contributed by atoms with Crippen LogP contribution >= 0.6 is 0 Å². The quantitative estimate of drug-likeness (QED) is 0.252. The Bertz CT molecular complexity index is 1160. The van der Waals surface area contributed by atoms with Crippen molar-refractivity contribution >= 4 is 17.6 Å². The number of carbonyl (C=O) groups is 2. The molecule has 31 heavy (non-hydrogen) atoms. The van der Waals surface area contributed by atoms with Gasteiger partial charge in [-0.25, -0.2) is 14.8 Å². The minimum Gasteiger partial charge on any atom is -0.462 e. The zero-order valence-corrected chi connectivity index (χ0v) is 17.1. The number of aromatic nitrogens is 2. The van der Waals surface area contributed by atoms with E-state index in [9.17, 15) is 19.7 Å². The molecular formula is C22H19N3O6. The lowest BCUT2D eigenvalue weighted by Gasteiger charge is -2.13. The van der Waals surface area contributed by atoms with Crippen LogP contribution in [0.15, 0.2) is 48.5 Å². The van der Waals surface area contributed by atoms with Crippen molar-refractivity contribution in [1.29, 1.82) is 0 Å². The fourth-order valence-electron chi connectivity index (χ4n) is 2.99. The number of nitro groups is 1. The molecule has 0 amide bonds. The van der Waals surface area contributed by atoms with Crippen LogP contribution in [-0.4, -0.2) is 33.4 Å². The summed E-state index contributed by atoms with van der Waals surface area (Å²) < 4.78 is 10.1. The van der Waals surface area contributed by atoms with Crippen molar-refractivity contribution in [3.05, 3.63) is 69.9 Å². The fourth-order valence-corrected chi connectivity index (χ4v) is 2.99. The van der Waals surface area contributed by atoms with E-state index >= 15 is 0 Å². The number of hydrogen-bond acceptors (Lipinski definition) is 8. The van der Waals surface area contributed by atoms with E-state index in [4.69, 9.17) is 9.47 Å². The SMILES string of the molecule is CCOC(=O)c1c(C)nc(-c2ccccc2)nc1-c1ccc(OC(C)=O)c([N+](=O)[O-])c1. The van der Waals surface area contributed by atoms with Gasteiger partial charge in [0.05, 0.1) is 22.9 Å². The van der Waals surface area contributed by atoms with E-state index in [1.54, 1.807) is 13.8 Å². The first-order valence-corrected chi connectivity index (χ1v) is 9.40. The third kappa shape index (κ3) is 4.72. The number of hydrogen-bond donors (Lipinski definition) is 0. The van der Waals surface area contributed by atoms with Gasteiger partial charge in [-0.3, -0.25) is 14.9 Å². The van der Waals surface area contributed by atoms with Gasteiger partial charge in [0.25, 0.3) is 0 Å². The molecule has 158 valence electrons. The summed E-state index contributed by atoms with van der Waals surface area (Å²) in [5.74, 6) is -1.17. The summed E-state index contributed by atoms with van der Waals surface area (Å²) in [5.41, 5.74) is 1.23. The summed E-state index contributed by atoms with van der Waals surface area (Å²) in [6.45, 7) is 4.61. The van der Waals surface area contributed by atoms with Gasteiger partial charge in [-0.1, -0.05) is 30.3 Å². The first-order valence-electron chi connectivity index (χ1n) is 9.40. The predicted molar refractivity (Wildman–Crippen MR) is 112 cm³/mol. The molecule has 0 spiro atoms. The summed E-state index contributed by atoms with van der Waals surface area (Å²) in [6, 6.07) is 13.1. The van der Waals surface area contributed by atoms with E-state index in [0.717, 1.165) is 6.92 Å². The van der Waals surface area contributed by atoms with Gasteiger partial charge in [0, 0.05) is 24.1 Å². The largest absolute Gasteiger partial charge is 0.462 e. The molecule has 9 nitrogen and oxygen atoms in total. The topological polar surface area (TPSA) is 122 Å². The van der Waals surface area contributed by atoms with Gasteiger partial charge in [-0.05, 0) is 26.0 Å². The fraction of sp³-hybridized carbons (Fsp3) is 0.182. The predicted octanol–water partition coefficient (Wildman–Crippen LogP) is 4.13. The third-order valence-corrected chi connectivity index (χ3v) is 4.28.